The molecule has 5 nitrogen and oxygen atoms in total. The molecule has 210 valence electrons. The minimum atomic E-state index is 0.0973. The number of Topliss-reactive ketones (excluding diaryl/α,β-unsaturated/α-hetero) is 1. The monoisotopic (exact) mass is 531 g/mol. The second kappa shape index (κ2) is 10.6. The molecule has 0 bridgehead atoms. The first kappa shape index (κ1) is 26.9. The summed E-state index contributed by atoms with van der Waals surface area (Å²) >= 11 is 0. The summed E-state index contributed by atoms with van der Waals surface area (Å²) in [7, 11) is 0. The van der Waals surface area contributed by atoms with Crippen molar-refractivity contribution in [3.63, 3.8) is 0 Å². The van der Waals surface area contributed by atoms with Crippen molar-refractivity contribution in [3.8, 4) is 0 Å². The molecule has 0 N–H and O–H groups in total. The van der Waals surface area contributed by atoms with Crippen LogP contribution >= 0.6 is 0 Å². The van der Waals surface area contributed by atoms with Crippen LogP contribution in [0, 0.1) is 34.5 Å². The Hall–Kier alpha value is -2.27. The van der Waals surface area contributed by atoms with Gasteiger partial charge in [0.05, 0.1) is 13.2 Å². The van der Waals surface area contributed by atoms with Crippen molar-refractivity contribution in [2.75, 3.05) is 26.3 Å². The van der Waals surface area contributed by atoms with Crippen LogP contribution < -0.4 is 0 Å². The van der Waals surface area contributed by atoms with Gasteiger partial charge in [0.2, 0.25) is 0 Å². The number of nitrogens with zero attached hydrogens (tertiary/aromatic N) is 1. The zero-order chi connectivity index (χ0) is 27.2. The lowest BCUT2D eigenvalue weighted by atomic mass is 9.45. The number of fused-ring (bicyclic) bond motifs is 5. The molecule has 0 spiro atoms. The lowest BCUT2D eigenvalue weighted by Crippen LogP contribution is -2.52. The smallest absolute Gasteiger partial charge is 0.254 e. The van der Waals surface area contributed by atoms with Crippen LogP contribution in [0.3, 0.4) is 0 Å². The predicted octanol–water partition coefficient (Wildman–Crippen LogP) is 6.20. The molecule has 5 aliphatic rings. The maximum absolute atomic E-state index is 13.0. The molecule has 1 amide bonds. The topological polar surface area (TPSA) is 63.7 Å². The second-order valence-electron chi connectivity index (χ2n) is 13.4. The standard InChI is InChI=1S/C34H45NO4/c1-23(36)29-11-12-31-28-10-9-26-22-27(37)13-16-33(26,2)30(28)14-17-34(29,31)15-3-4-24-5-7-25(8-6-24)32(38)35-18-20-39-21-19-35/h5-8,22,28-31H,3-4,9-21H2,1-2H3/t28-,29-,30+,31+,33+,34-/m1/s1. The highest BCUT2D eigenvalue weighted by Gasteiger charge is 2.61. The largest absolute Gasteiger partial charge is 0.378 e. The van der Waals surface area contributed by atoms with Crippen LogP contribution in [-0.2, 0) is 20.7 Å². The summed E-state index contributed by atoms with van der Waals surface area (Å²) in [6, 6.07) is 8.21. The van der Waals surface area contributed by atoms with Gasteiger partial charge in [0.25, 0.3) is 5.91 Å². The fourth-order valence-corrected chi connectivity index (χ4v) is 9.85. The Morgan fingerprint density at radius 1 is 0.974 bits per heavy atom. The lowest BCUT2D eigenvalue weighted by molar-refractivity contribution is -0.130. The van der Waals surface area contributed by atoms with E-state index in [1.165, 1.54) is 30.4 Å². The third-order valence-corrected chi connectivity index (χ3v) is 11.8. The summed E-state index contributed by atoms with van der Waals surface area (Å²) in [6.07, 6.45) is 13.8. The van der Waals surface area contributed by atoms with Gasteiger partial charge in [-0.1, -0.05) is 24.6 Å². The summed E-state index contributed by atoms with van der Waals surface area (Å²) in [5.74, 6) is 2.99. The van der Waals surface area contributed by atoms with Crippen molar-refractivity contribution >= 4 is 17.5 Å². The molecule has 0 unspecified atom stereocenters. The average molecular weight is 532 g/mol. The number of aryl methyl sites for hydroxylation is 1. The van der Waals surface area contributed by atoms with E-state index >= 15 is 0 Å². The molecule has 4 aliphatic carbocycles. The first-order valence-electron chi connectivity index (χ1n) is 15.5. The first-order chi connectivity index (χ1) is 18.8. The second-order valence-corrected chi connectivity index (χ2v) is 13.4. The number of hydrogen-bond acceptors (Lipinski definition) is 4. The highest BCUT2D eigenvalue weighted by atomic mass is 16.5. The van der Waals surface area contributed by atoms with E-state index in [4.69, 9.17) is 4.74 Å². The molecule has 1 aromatic carbocycles. The number of morpholine rings is 1. The van der Waals surface area contributed by atoms with E-state index < -0.39 is 0 Å². The zero-order valence-corrected chi connectivity index (χ0v) is 23.9. The Bertz CT molecular complexity index is 1150. The fourth-order valence-electron chi connectivity index (χ4n) is 9.85. The normalized spacial score (nSPS) is 36.0. The summed E-state index contributed by atoms with van der Waals surface area (Å²) in [4.78, 5) is 39.9. The average Bonchev–Trinajstić information content (AvgIpc) is 3.34. The quantitative estimate of drug-likeness (QED) is 0.439. The molecule has 1 aromatic rings. The number of benzene rings is 1. The molecule has 6 rings (SSSR count). The van der Waals surface area contributed by atoms with Crippen LogP contribution in [-0.4, -0.2) is 48.7 Å². The highest BCUT2D eigenvalue weighted by Crippen LogP contribution is 2.68. The number of allylic oxidation sites excluding steroid dienone is 1. The van der Waals surface area contributed by atoms with Gasteiger partial charge in [0.1, 0.15) is 5.78 Å². The fraction of sp³-hybridized carbons (Fsp3) is 0.676. The molecule has 1 saturated heterocycles. The van der Waals surface area contributed by atoms with Gasteiger partial charge >= 0.3 is 0 Å². The molecule has 6 atom stereocenters. The molecule has 39 heavy (non-hydrogen) atoms. The number of ether oxygens (including phenoxy) is 1. The number of rotatable bonds is 6. The molecule has 4 fully saturated rings. The number of amides is 1. The molecular weight excluding hydrogens is 486 g/mol. The third-order valence-electron chi connectivity index (χ3n) is 11.8. The number of ketones is 2. The molecular formula is C34H45NO4. The summed E-state index contributed by atoms with van der Waals surface area (Å²) < 4.78 is 5.38. The van der Waals surface area contributed by atoms with E-state index in [1.54, 1.807) is 0 Å². The van der Waals surface area contributed by atoms with E-state index in [0.29, 0.717) is 62.0 Å². The van der Waals surface area contributed by atoms with Crippen LogP contribution in [0.1, 0.15) is 94.0 Å². The summed E-state index contributed by atoms with van der Waals surface area (Å²) in [5.41, 5.74) is 3.77. The van der Waals surface area contributed by atoms with Crippen molar-refractivity contribution in [2.24, 2.45) is 34.5 Å². The Morgan fingerprint density at radius 3 is 2.49 bits per heavy atom. The SMILES string of the molecule is CC(=O)[C@H]1CC[C@H]2[C@@H]3CCC4=CC(=O)CC[C@]4(C)[C@H]3CC[C@]12CCCc1ccc(C(=O)N2CCOCC2)cc1. The maximum Gasteiger partial charge on any atom is 0.254 e. The number of carbonyl (C=O) groups excluding carboxylic acids is 3. The molecule has 5 heteroatoms. The number of carbonyl (C=O) groups is 3. The van der Waals surface area contributed by atoms with Gasteiger partial charge in [-0.3, -0.25) is 14.4 Å². The van der Waals surface area contributed by atoms with Crippen molar-refractivity contribution in [1.29, 1.82) is 0 Å². The van der Waals surface area contributed by atoms with Gasteiger partial charge in [-0.2, -0.15) is 0 Å². The van der Waals surface area contributed by atoms with Crippen molar-refractivity contribution in [2.45, 2.75) is 84.5 Å². The summed E-state index contributed by atoms with van der Waals surface area (Å²) in [5, 5.41) is 0. The van der Waals surface area contributed by atoms with E-state index in [-0.39, 0.29) is 22.7 Å². The predicted molar refractivity (Wildman–Crippen MR) is 151 cm³/mol. The third kappa shape index (κ3) is 4.73. The lowest BCUT2D eigenvalue weighted by Gasteiger charge is -2.59. The Balaban J connectivity index is 1.15. The van der Waals surface area contributed by atoms with Gasteiger partial charge < -0.3 is 9.64 Å². The van der Waals surface area contributed by atoms with Gasteiger partial charge in [-0.15, -0.1) is 0 Å². The highest BCUT2D eigenvalue weighted by molar-refractivity contribution is 5.94. The molecule has 3 saturated carbocycles. The van der Waals surface area contributed by atoms with Crippen molar-refractivity contribution in [3.05, 3.63) is 47.0 Å². The van der Waals surface area contributed by atoms with E-state index in [0.717, 1.165) is 50.5 Å². The first-order valence-corrected chi connectivity index (χ1v) is 15.5. The van der Waals surface area contributed by atoms with E-state index in [9.17, 15) is 14.4 Å². The van der Waals surface area contributed by atoms with Gasteiger partial charge in [-0.05, 0) is 123 Å². The van der Waals surface area contributed by atoms with E-state index in [2.05, 4.69) is 19.1 Å². The van der Waals surface area contributed by atoms with Crippen molar-refractivity contribution in [1.82, 2.24) is 4.90 Å². The van der Waals surface area contributed by atoms with Crippen LogP contribution in [0.15, 0.2) is 35.9 Å². The van der Waals surface area contributed by atoms with Crippen LogP contribution in [0.2, 0.25) is 0 Å². The van der Waals surface area contributed by atoms with Crippen LogP contribution in [0.5, 0.6) is 0 Å². The Labute approximate surface area is 233 Å². The molecule has 1 heterocycles. The Kier molecular flexibility index (Phi) is 7.33. The molecule has 0 radical (unpaired) electrons. The number of hydrogen-bond donors (Lipinski definition) is 0. The maximum atomic E-state index is 13.0. The van der Waals surface area contributed by atoms with E-state index in [1.807, 2.05) is 30.0 Å². The van der Waals surface area contributed by atoms with Gasteiger partial charge in [0.15, 0.2) is 5.78 Å². The van der Waals surface area contributed by atoms with Crippen LogP contribution in [0.25, 0.3) is 0 Å². The molecule has 1 aliphatic heterocycles. The minimum absolute atomic E-state index is 0.0973. The van der Waals surface area contributed by atoms with Crippen molar-refractivity contribution < 1.29 is 19.1 Å². The van der Waals surface area contributed by atoms with Gasteiger partial charge in [-0.25, -0.2) is 0 Å². The summed E-state index contributed by atoms with van der Waals surface area (Å²) in [6.45, 7) is 6.84. The van der Waals surface area contributed by atoms with Crippen LogP contribution in [0.4, 0.5) is 0 Å². The molecule has 0 aromatic heterocycles. The minimum Gasteiger partial charge on any atom is -0.378 e. The Morgan fingerprint density at radius 2 is 1.74 bits per heavy atom. The zero-order valence-electron chi connectivity index (χ0n) is 23.9. The van der Waals surface area contributed by atoms with Gasteiger partial charge in [0, 0.05) is 31.0 Å².